The SMILES string of the molecule is COc1cccc(NC(=O)CCC2CCN(CCn3cnnc3C)CC2)c1. The van der Waals surface area contributed by atoms with E-state index >= 15 is 0 Å². The predicted octanol–water partition coefficient (Wildman–Crippen LogP) is 2.73. The van der Waals surface area contributed by atoms with Crippen LogP contribution >= 0.6 is 0 Å². The number of benzene rings is 1. The summed E-state index contributed by atoms with van der Waals surface area (Å²) < 4.78 is 7.28. The van der Waals surface area contributed by atoms with Gasteiger partial charge in [0.15, 0.2) is 0 Å². The van der Waals surface area contributed by atoms with Crippen LogP contribution in [0.5, 0.6) is 5.75 Å². The molecule has 3 rings (SSSR count). The zero-order chi connectivity index (χ0) is 19.1. The Labute approximate surface area is 160 Å². The third-order valence-corrected chi connectivity index (χ3v) is 5.31. The molecule has 1 amide bonds. The standard InChI is InChI=1S/C20H29N5O2/c1-16-23-21-15-25(16)13-12-24-10-8-17(9-11-24)6-7-20(26)22-18-4-3-5-19(14-18)27-2/h3-5,14-15,17H,6-13H2,1-2H3,(H,22,26). The largest absolute Gasteiger partial charge is 0.497 e. The van der Waals surface area contributed by atoms with E-state index in [1.807, 2.05) is 31.2 Å². The van der Waals surface area contributed by atoms with Crippen LogP contribution in [0.3, 0.4) is 0 Å². The first-order valence-electron chi connectivity index (χ1n) is 9.64. The number of carbonyl (C=O) groups is 1. The van der Waals surface area contributed by atoms with Crippen molar-refractivity contribution in [3.8, 4) is 5.75 Å². The maximum Gasteiger partial charge on any atom is 0.224 e. The Hall–Kier alpha value is -2.41. The van der Waals surface area contributed by atoms with E-state index in [0.717, 1.165) is 62.7 Å². The molecule has 7 heteroatoms. The third kappa shape index (κ3) is 5.79. The topological polar surface area (TPSA) is 72.3 Å². The van der Waals surface area contributed by atoms with Gasteiger partial charge in [-0.2, -0.15) is 0 Å². The molecule has 1 aromatic heterocycles. The summed E-state index contributed by atoms with van der Waals surface area (Å²) in [5, 5.41) is 10.9. The molecule has 0 radical (unpaired) electrons. The van der Waals surface area contributed by atoms with Crippen molar-refractivity contribution in [2.45, 2.75) is 39.2 Å². The number of amides is 1. The lowest BCUT2D eigenvalue weighted by molar-refractivity contribution is -0.116. The van der Waals surface area contributed by atoms with Gasteiger partial charge in [0.1, 0.15) is 17.9 Å². The number of likely N-dealkylation sites (tertiary alicyclic amines) is 1. The number of rotatable bonds is 8. The normalized spacial score (nSPS) is 15.6. The van der Waals surface area contributed by atoms with Gasteiger partial charge in [-0.25, -0.2) is 0 Å². The lowest BCUT2D eigenvalue weighted by Gasteiger charge is -2.32. The van der Waals surface area contributed by atoms with Gasteiger partial charge in [-0.15, -0.1) is 10.2 Å². The van der Waals surface area contributed by atoms with Crippen molar-refractivity contribution in [1.29, 1.82) is 0 Å². The smallest absolute Gasteiger partial charge is 0.224 e. The van der Waals surface area contributed by atoms with Crippen LogP contribution in [-0.4, -0.2) is 52.3 Å². The average Bonchev–Trinajstić information content (AvgIpc) is 3.10. The number of nitrogens with zero attached hydrogens (tertiary/aromatic N) is 4. The summed E-state index contributed by atoms with van der Waals surface area (Å²) in [6.07, 6.45) is 5.64. The zero-order valence-electron chi connectivity index (χ0n) is 16.2. The van der Waals surface area contributed by atoms with Gasteiger partial charge >= 0.3 is 0 Å². The molecule has 1 N–H and O–H groups in total. The number of aryl methyl sites for hydroxylation is 1. The molecule has 1 saturated heterocycles. The molecule has 0 atom stereocenters. The molecular formula is C20H29N5O2. The van der Waals surface area contributed by atoms with Gasteiger partial charge in [-0.3, -0.25) is 4.79 Å². The van der Waals surface area contributed by atoms with E-state index in [2.05, 4.69) is 25.0 Å². The van der Waals surface area contributed by atoms with E-state index in [-0.39, 0.29) is 5.91 Å². The minimum absolute atomic E-state index is 0.0776. The van der Waals surface area contributed by atoms with E-state index in [9.17, 15) is 4.79 Å². The molecular weight excluding hydrogens is 342 g/mol. The maximum atomic E-state index is 12.2. The number of hydrogen-bond donors (Lipinski definition) is 1. The second-order valence-corrected chi connectivity index (χ2v) is 7.18. The summed E-state index contributed by atoms with van der Waals surface area (Å²) in [7, 11) is 1.63. The van der Waals surface area contributed by atoms with Crippen molar-refractivity contribution in [1.82, 2.24) is 19.7 Å². The number of nitrogens with one attached hydrogen (secondary N) is 1. The molecule has 1 aliphatic heterocycles. The van der Waals surface area contributed by atoms with Crippen LogP contribution < -0.4 is 10.1 Å². The Morgan fingerprint density at radius 2 is 2.11 bits per heavy atom. The van der Waals surface area contributed by atoms with Crippen molar-refractivity contribution < 1.29 is 9.53 Å². The van der Waals surface area contributed by atoms with Crippen molar-refractivity contribution in [2.75, 3.05) is 32.1 Å². The Kier molecular flexibility index (Phi) is 6.81. The van der Waals surface area contributed by atoms with Crippen LogP contribution in [0.4, 0.5) is 5.69 Å². The molecule has 1 aliphatic rings. The first-order chi connectivity index (χ1) is 13.1. The second kappa shape index (κ2) is 9.50. The number of hydrogen-bond acceptors (Lipinski definition) is 5. The third-order valence-electron chi connectivity index (χ3n) is 5.31. The van der Waals surface area contributed by atoms with E-state index < -0.39 is 0 Å². The summed E-state index contributed by atoms with van der Waals surface area (Å²) in [5.41, 5.74) is 0.790. The molecule has 2 heterocycles. The fourth-order valence-electron chi connectivity index (χ4n) is 3.54. The summed E-state index contributed by atoms with van der Waals surface area (Å²) in [4.78, 5) is 14.7. The lowest BCUT2D eigenvalue weighted by atomic mass is 9.92. The summed E-state index contributed by atoms with van der Waals surface area (Å²) in [6.45, 7) is 6.15. The van der Waals surface area contributed by atoms with Gasteiger partial charge < -0.3 is 19.5 Å². The molecule has 0 bridgehead atoms. The molecule has 146 valence electrons. The molecule has 1 aromatic carbocycles. The first kappa shape index (κ1) is 19.4. The van der Waals surface area contributed by atoms with Crippen LogP contribution in [0.25, 0.3) is 0 Å². The summed E-state index contributed by atoms with van der Waals surface area (Å²) in [5.74, 6) is 2.43. The van der Waals surface area contributed by atoms with Gasteiger partial charge in [0, 0.05) is 31.3 Å². The number of methoxy groups -OCH3 is 1. The van der Waals surface area contributed by atoms with Crippen LogP contribution in [0.2, 0.25) is 0 Å². The van der Waals surface area contributed by atoms with Crippen molar-refractivity contribution >= 4 is 11.6 Å². The Balaban J connectivity index is 1.34. The second-order valence-electron chi connectivity index (χ2n) is 7.18. The molecule has 1 fully saturated rings. The lowest BCUT2D eigenvalue weighted by Crippen LogP contribution is -2.36. The van der Waals surface area contributed by atoms with E-state index in [4.69, 9.17) is 4.74 Å². The minimum Gasteiger partial charge on any atom is -0.497 e. The highest BCUT2D eigenvalue weighted by molar-refractivity contribution is 5.90. The highest BCUT2D eigenvalue weighted by atomic mass is 16.5. The Bertz CT molecular complexity index is 737. The molecule has 2 aromatic rings. The van der Waals surface area contributed by atoms with Gasteiger partial charge in [0.25, 0.3) is 0 Å². The van der Waals surface area contributed by atoms with E-state index in [1.165, 1.54) is 0 Å². The fraction of sp³-hybridized carbons (Fsp3) is 0.550. The Morgan fingerprint density at radius 1 is 1.30 bits per heavy atom. The number of ether oxygens (including phenoxy) is 1. The predicted molar refractivity (Wildman–Crippen MR) is 105 cm³/mol. The van der Waals surface area contributed by atoms with Crippen molar-refractivity contribution in [3.63, 3.8) is 0 Å². The van der Waals surface area contributed by atoms with E-state index in [1.54, 1.807) is 13.4 Å². The van der Waals surface area contributed by atoms with Crippen molar-refractivity contribution in [2.24, 2.45) is 5.92 Å². The number of carbonyl (C=O) groups excluding carboxylic acids is 1. The van der Waals surface area contributed by atoms with Crippen LogP contribution in [-0.2, 0) is 11.3 Å². The fourth-order valence-corrected chi connectivity index (χ4v) is 3.54. The van der Waals surface area contributed by atoms with Gasteiger partial charge in [0.05, 0.1) is 7.11 Å². The van der Waals surface area contributed by atoms with Crippen molar-refractivity contribution in [3.05, 3.63) is 36.4 Å². The quantitative estimate of drug-likeness (QED) is 0.772. The molecule has 0 aliphatic carbocycles. The number of aromatic nitrogens is 3. The maximum absolute atomic E-state index is 12.2. The first-order valence-corrected chi connectivity index (χ1v) is 9.64. The molecule has 27 heavy (non-hydrogen) atoms. The van der Waals surface area contributed by atoms with Gasteiger partial charge in [0.2, 0.25) is 5.91 Å². The molecule has 7 nitrogen and oxygen atoms in total. The van der Waals surface area contributed by atoms with Crippen LogP contribution in [0.15, 0.2) is 30.6 Å². The minimum atomic E-state index is 0.0776. The summed E-state index contributed by atoms with van der Waals surface area (Å²) in [6, 6.07) is 7.48. The van der Waals surface area contributed by atoms with Gasteiger partial charge in [-0.1, -0.05) is 6.07 Å². The highest BCUT2D eigenvalue weighted by Crippen LogP contribution is 2.23. The zero-order valence-corrected chi connectivity index (χ0v) is 16.2. The van der Waals surface area contributed by atoms with E-state index in [0.29, 0.717) is 12.3 Å². The number of anilines is 1. The molecule has 0 unspecified atom stereocenters. The summed E-state index contributed by atoms with van der Waals surface area (Å²) >= 11 is 0. The number of piperidine rings is 1. The Morgan fingerprint density at radius 3 is 2.81 bits per heavy atom. The molecule has 0 saturated carbocycles. The monoisotopic (exact) mass is 371 g/mol. The van der Waals surface area contributed by atoms with Gasteiger partial charge in [-0.05, 0) is 57.3 Å². The average molecular weight is 371 g/mol. The van der Waals surface area contributed by atoms with Crippen LogP contribution in [0.1, 0.15) is 31.5 Å². The molecule has 0 spiro atoms. The van der Waals surface area contributed by atoms with Crippen LogP contribution in [0, 0.1) is 12.8 Å². The highest BCUT2D eigenvalue weighted by Gasteiger charge is 2.20.